The van der Waals surface area contributed by atoms with Crippen LogP contribution in [-0.4, -0.2) is 25.0 Å². The molecule has 0 spiro atoms. The van der Waals surface area contributed by atoms with Crippen molar-refractivity contribution in [3.05, 3.63) is 29.3 Å². The molecule has 1 N–H and O–H groups in total. The minimum Gasteiger partial charge on any atom is -0.493 e. The average Bonchev–Trinajstić information content (AvgIpc) is 2.76. The maximum atomic E-state index is 12.3. The van der Waals surface area contributed by atoms with Crippen LogP contribution in [0.2, 0.25) is 0 Å². The Hall–Kier alpha value is -1.35. The van der Waals surface area contributed by atoms with Crippen LogP contribution in [0.4, 0.5) is 0 Å². The topological polar surface area (TPSA) is 38.3 Å². The normalized spacial score (nSPS) is 21.9. The molecule has 0 bridgehead atoms. The zero-order valence-corrected chi connectivity index (χ0v) is 12.0. The van der Waals surface area contributed by atoms with Gasteiger partial charge in [0, 0.05) is 12.8 Å². The molecule has 3 rings (SSSR count). The minimum atomic E-state index is 0.0928. The van der Waals surface area contributed by atoms with Gasteiger partial charge in [-0.1, -0.05) is 25.0 Å². The van der Waals surface area contributed by atoms with Crippen molar-refractivity contribution >= 4 is 5.78 Å². The van der Waals surface area contributed by atoms with Gasteiger partial charge in [0.1, 0.15) is 11.5 Å². The zero-order chi connectivity index (χ0) is 13.8. The van der Waals surface area contributed by atoms with Gasteiger partial charge in [-0.05, 0) is 43.0 Å². The van der Waals surface area contributed by atoms with Crippen LogP contribution >= 0.6 is 0 Å². The number of ketones is 1. The molecular weight excluding hydrogens is 250 g/mol. The Morgan fingerprint density at radius 1 is 1.30 bits per heavy atom. The molecule has 1 atom stereocenters. The van der Waals surface area contributed by atoms with Gasteiger partial charge in [-0.15, -0.1) is 0 Å². The Morgan fingerprint density at radius 2 is 2.25 bits per heavy atom. The van der Waals surface area contributed by atoms with Crippen molar-refractivity contribution in [2.24, 2.45) is 0 Å². The van der Waals surface area contributed by atoms with Gasteiger partial charge in [0.15, 0.2) is 0 Å². The highest BCUT2D eigenvalue weighted by Gasteiger charge is 2.19. The second kappa shape index (κ2) is 6.40. The Kier molecular flexibility index (Phi) is 4.36. The zero-order valence-electron chi connectivity index (χ0n) is 12.0. The van der Waals surface area contributed by atoms with Crippen molar-refractivity contribution < 1.29 is 9.53 Å². The summed E-state index contributed by atoms with van der Waals surface area (Å²) < 4.78 is 5.51. The molecule has 0 aromatic heterocycles. The first-order chi connectivity index (χ1) is 9.83. The third kappa shape index (κ3) is 3.21. The van der Waals surface area contributed by atoms with E-state index >= 15 is 0 Å². The van der Waals surface area contributed by atoms with Crippen molar-refractivity contribution in [3.8, 4) is 5.75 Å². The fourth-order valence-corrected chi connectivity index (χ4v) is 3.14. The molecular formula is C17H23NO2. The van der Waals surface area contributed by atoms with Gasteiger partial charge in [0.05, 0.1) is 12.6 Å². The molecule has 20 heavy (non-hydrogen) atoms. The highest BCUT2D eigenvalue weighted by atomic mass is 16.5. The van der Waals surface area contributed by atoms with E-state index in [1.807, 2.05) is 6.07 Å². The van der Waals surface area contributed by atoms with E-state index in [-0.39, 0.29) is 6.04 Å². The van der Waals surface area contributed by atoms with Gasteiger partial charge in [-0.25, -0.2) is 0 Å². The first kappa shape index (κ1) is 13.6. The Labute approximate surface area is 120 Å². The third-order valence-electron chi connectivity index (χ3n) is 4.36. The molecule has 1 saturated heterocycles. The number of fused-ring (bicyclic) bond motifs is 1. The van der Waals surface area contributed by atoms with Crippen molar-refractivity contribution in [1.82, 2.24) is 5.32 Å². The second-order valence-electron chi connectivity index (χ2n) is 5.86. The molecule has 2 heterocycles. The fourth-order valence-electron chi connectivity index (χ4n) is 3.14. The number of Topliss-reactive ketones (excluding diaryl/α,β-unsaturated/α-hetero) is 1. The molecule has 108 valence electrons. The van der Waals surface area contributed by atoms with Crippen LogP contribution in [0.5, 0.6) is 5.75 Å². The summed E-state index contributed by atoms with van der Waals surface area (Å²) in [6, 6.07) is 6.44. The first-order valence-electron chi connectivity index (χ1n) is 7.83. The van der Waals surface area contributed by atoms with E-state index in [9.17, 15) is 4.79 Å². The lowest BCUT2D eigenvalue weighted by molar-refractivity contribution is -0.121. The summed E-state index contributed by atoms with van der Waals surface area (Å²) in [5, 5.41) is 3.39. The van der Waals surface area contributed by atoms with Crippen LogP contribution < -0.4 is 10.1 Å². The van der Waals surface area contributed by atoms with Crippen LogP contribution in [0.1, 0.15) is 43.2 Å². The van der Waals surface area contributed by atoms with Crippen molar-refractivity contribution in [1.29, 1.82) is 0 Å². The average molecular weight is 273 g/mol. The second-order valence-corrected chi connectivity index (χ2v) is 5.86. The van der Waals surface area contributed by atoms with Gasteiger partial charge >= 0.3 is 0 Å². The number of nitrogens with one attached hydrogen (secondary N) is 1. The van der Waals surface area contributed by atoms with Gasteiger partial charge < -0.3 is 10.1 Å². The Bertz CT molecular complexity index is 476. The maximum absolute atomic E-state index is 12.3. The smallest absolute Gasteiger partial charge is 0.150 e. The van der Waals surface area contributed by atoms with E-state index in [4.69, 9.17) is 4.74 Å². The van der Waals surface area contributed by atoms with Crippen LogP contribution in [0.25, 0.3) is 0 Å². The Morgan fingerprint density at radius 3 is 3.20 bits per heavy atom. The number of ether oxygens (including phenoxy) is 1. The quantitative estimate of drug-likeness (QED) is 0.916. The summed E-state index contributed by atoms with van der Waals surface area (Å²) in [6.45, 7) is 1.79. The molecule has 2 aliphatic rings. The number of carbonyl (C=O) groups excluding carboxylic acids is 1. The summed E-state index contributed by atoms with van der Waals surface area (Å²) in [5.74, 6) is 1.40. The predicted molar refractivity (Wildman–Crippen MR) is 79.2 cm³/mol. The predicted octanol–water partition coefficient (Wildman–Crippen LogP) is 2.66. The maximum Gasteiger partial charge on any atom is 0.150 e. The van der Waals surface area contributed by atoms with Crippen LogP contribution in [-0.2, 0) is 17.6 Å². The van der Waals surface area contributed by atoms with E-state index < -0.39 is 0 Å². The third-order valence-corrected chi connectivity index (χ3v) is 4.36. The molecule has 1 unspecified atom stereocenters. The molecule has 0 saturated carbocycles. The number of rotatable bonds is 4. The largest absolute Gasteiger partial charge is 0.493 e. The minimum absolute atomic E-state index is 0.0928. The molecule has 0 radical (unpaired) electrons. The standard InChI is InChI=1S/C17H23NO2/c19-16(15-4-2-1-3-10-18-15)7-5-13-6-8-17-14(12-13)9-11-20-17/h6,8,12,15,18H,1-5,7,9-11H2. The van der Waals surface area contributed by atoms with Crippen LogP contribution in [0.3, 0.4) is 0 Å². The first-order valence-corrected chi connectivity index (χ1v) is 7.83. The fraction of sp³-hybridized carbons (Fsp3) is 0.588. The lowest BCUT2D eigenvalue weighted by Gasteiger charge is -2.14. The van der Waals surface area contributed by atoms with E-state index in [0.29, 0.717) is 12.2 Å². The van der Waals surface area contributed by atoms with Gasteiger partial charge in [0.25, 0.3) is 0 Å². The summed E-state index contributed by atoms with van der Waals surface area (Å²) in [5.41, 5.74) is 2.55. The summed E-state index contributed by atoms with van der Waals surface area (Å²) in [4.78, 5) is 12.3. The van der Waals surface area contributed by atoms with Crippen molar-refractivity contribution in [3.63, 3.8) is 0 Å². The molecule has 3 heteroatoms. The van der Waals surface area contributed by atoms with Gasteiger partial charge in [0.2, 0.25) is 0 Å². The summed E-state index contributed by atoms with van der Waals surface area (Å²) in [7, 11) is 0. The molecule has 1 aromatic carbocycles. The number of hydrogen-bond donors (Lipinski definition) is 1. The van der Waals surface area contributed by atoms with Gasteiger partial charge in [-0.3, -0.25) is 4.79 Å². The number of carbonyl (C=O) groups is 1. The van der Waals surface area contributed by atoms with E-state index in [1.165, 1.54) is 30.4 Å². The number of benzene rings is 1. The number of aryl methyl sites for hydroxylation is 1. The highest BCUT2D eigenvalue weighted by molar-refractivity contribution is 5.84. The van der Waals surface area contributed by atoms with E-state index in [2.05, 4.69) is 17.4 Å². The lowest BCUT2D eigenvalue weighted by Crippen LogP contribution is -2.36. The van der Waals surface area contributed by atoms with E-state index in [0.717, 1.165) is 38.2 Å². The lowest BCUT2D eigenvalue weighted by atomic mass is 9.99. The molecule has 1 aromatic rings. The van der Waals surface area contributed by atoms with Crippen molar-refractivity contribution in [2.75, 3.05) is 13.2 Å². The summed E-state index contributed by atoms with van der Waals surface area (Å²) in [6.07, 6.45) is 7.15. The Balaban J connectivity index is 1.54. The van der Waals surface area contributed by atoms with Crippen LogP contribution in [0.15, 0.2) is 18.2 Å². The molecule has 2 aliphatic heterocycles. The SMILES string of the molecule is O=C(CCc1ccc2c(c1)CCO2)C1CCCCCN1. The molecule has 0 amide bonds. The van der Waals surface area contributed by atoms with E-state index in [1.54, 1.807) is 0 Å². The molecule has 0 aliphatic carbocycles. The van der Waals surface area contributed by atoms with Crippen LogP contribution in [0, 0.1) is 0 Å². The number of hydrogen-bond acceptors (Lipinski definition) is 3. The monoisotopic (exact) mass is 273 g/mol. The highest BCUT2D eigenvalue weighted by Crippen LogP contribution is 2.26. The van der Waals surface area contributed by atoms with Crippen molar-refractivity contribution in [2.45, 2.75) is 51.0 Å². The molecule has 1 fully saturated rings. The molecule has 3 nitrogen and oxygen atoms in total. The van der Waals surface area contributed by atoms with Gasteiger partial charge in [-0.2, -0.15) is 0 Å². The summed E-state index contributed by atoms with van der Waals surface area (Å²) >= 11 is 0.